The normalized spacial score (nSPS) is 9.46. The van der Waals surface area contributed by atoms with Gasteiger partial charge in [0.15, 0.2) is 0 Å². The van der Waals surface area contributed by atoms with Gasteiger partial charge < -0.3 is 4.74 Å². The number of hydrogen-bond acceptors (Lipinski definition) is 2. The van der Waals surface area contributed by atoms with Crippen molar-refractivity contribution in [1.82, 2.24) is 0 Å². The first-order valence-electron chi connectivity index (χ1n) is 3.54. The summed E-state index contributed by atoms with van der Waals surface area (Å²) in [4.78, 5) is 0. The molecule has 0 N–H and O–H groups in total. The van der Waals surface area contributed by atoms with Crippen molar-refractivity contribution in [1.29, 1.82) is 5.26 Å². The zero-order valence-electron chi connectivity index (χ0n) is 7.19. The second kappa shape index (κ2) is 3.63. The van der Waals surface area contributed by atoms with Crippen molar-refractivity contribution in [2.24, 2.45) is 0 Å². The smallest absolute Gasteiger partial charge is 0.146 e. The molecule has 0 fully saturated rings. The van der Waals surface area contributed by atoms with Crippen molar-refractivity contribution in [3.05, 3.63) is 28.0 Å². The average Bonchev–Trinajstić information content (AvgIpc) is 2.13. The van der Waals surface area contributed by atoms with Crippen LogP contribution in [0.1, 0.15) is 11.1 Å². The lowest BCUT2D eigenvalue weighted by Gasteiger charge is -2.07. The molecule has 1 rings (SSSR count). The summed E-state index contributed by atoms with van der Waals surface area (Å²) in [6, 6.07) is 3.15. The molecule has 0 aromatic heterocycles. The summed E-state index contributed by atoms with van der Waals surface area (Å²) in [6.07, 6.45) is 0. The third-order valence-corrected chi connectivity index (χ3v) is 2.02. The van der Waals surface area contributed by atoms with E-state index in [1.807, 2.05) is 6.07 Å². The van der Waals surface area contributed by atoms with Crippen molar-refractivity contribution in [2.45, 2.75) is 6.92 Å². The quantitative estimate of drug-likeness (QED) is 0.697. The number of rotatable bonds is 1. The minimum atomic E-state index is -0.570. The van der Waals surface area contributed by atoms with Gasteiger partial charge in [0.05, 0.1) is 17.7 Å². The van der Waals surface area contributed by atoms with Gasteiger partial charge in [-0.1, -0.05) is 11.6 Å². The number of ether oxygens (including phenoxy) is 1. The van der Waals surface area contributed by atoms with E-state index in [-0.39, 0.29) is 16.1 Å². The van der Waals surface area contributed by atoms with Gasteiger partial charge in [-0.25, -0.2) is 4.39 Å². The van der Waals surface area contributed by atoms with Gasteiger partial charge in [0.25, 0.3) is 0 Å². The molecule has 13 heavy (non-hydrogen) atoms. The van der Waals surface area contributed by atoms with E-state index in [4.69, 9.17) is 21.6 Å². The molecular formula is C9H7ClFNO. The maximum Gasteiger partial charge on any atom is 0.146 e. The van der Waals surface area contributed by atoms with Crippen LogP contribution in [0.4, 0.5) is 4.39 Å². The predicted octanol–water partition coefficient (Wildman–Crippen LogP) is 2.67. The molecule has 68 valence electrons. The lowest BCUT2D eigenvalue weighted by molar-refractivity contribution is 0.411. The van der Waals surface area contributed by atoms with Gasteiger partial charge in [-0.2, -0.15) is 5.26 Å². The monoisotopic (exact) mass is 199 g/mol. The lowest BCUT2D eigenvalue weighted by Crippen LogP contribution is -1.95. The van der Waals surface area contributed by atoms with E-state index in [0.29, 0.717) is 5.75 Å². The highest BCUT2D eigenvalue weighted by Gasteiger charge is 2.13. The second-order valence-corrected chi connectivity index (χ2v) is 2.89. The number of nitrogens with zero attached hydrogens (tertiary/aromatic N) is 1. The topological polar surface area (TPSA) is 33.0 Å². The first-order chi connectivity index (χ1) is 6.11. The predicted molar refractivity (Wildman–Crippen MR) is 47.4 cm³/mol. The van der Waals surface area contributed by atoms with Crippen molar-refractivity contribution in [3.8, 4) is 11.8 Å². The van der Waals surface area contributed by atoms with Crippen LogP contribution in [0, 0.1) is 24.1 Å². The van der Waals surface area contributed by atoms with Crippen molar-refractivity contribution in [3.63, 3.8) is 0 Å². The van der Waals surface area contributed by atoms with Crippen molar-refractivity contribution < 1.29 is 9.13 Å². The highest BCUT2D eigenvalue weighted by molar-refractivity contribution is 6.31. The molecule has 0 radical (unpaired) electrons. The van der Waals surface area contributed by atoms with Gasteiger partial charge in [0, 0.05) is 11.6 Å². The van der Waals surface area contributed by atoms with E-state index in [9.17, 15) is 4.39 Å². The Bertz CT molecular complexity index is 384. The maximum atomic E-state index is 13.2. The van der Waals surface area contributed by atoms with Crippen LogP contribution >= 0.6 is 11.6 Å². The van der Waals surface area contributed by atoms with E-state index < -0.39 is 5.82 Å². The Morgan fingerprint density at radius 2 is 2.23 bits per heavy atom. The molecule has 1 aromatic carbocycles. The maximum absolute atomic E-state index is 13.2. The van der Waals surface area contributed by atoms with E-state index >= 15 is 0 Å². The summed E-state index contributed by atoms with van der Waals surface area (Å²) < 4.78 is 18.0. The summed E-state index contributed by atoms with van der Waals surface area (Å²) in [7, 11) is 1.41. The van der Waals surface area contributed by atoms with Crippen molar-refractivity contribution in [2.75, 3.05) is 7.11 Å². The molecule has 0 saturated heterocycles. The van der Waals surface area contributed by atoms with E-state index in [1.165, 1.54) is 20.1 Å². The van der Waals surface area contributed by atoms with E-state index in [2.05, 4.69) is 0 Å². The minimum absolute atomic E-state index is 0.0339. The van der Waals surface area contributed by atoms with Crippen LogP contribution in [-0.2, 0) is 0 Å². The molecule has 0 aliphatic carbocycles. The van der Waals surface area contributed by atoms with Gasteiger partial charge in [-0.15, -0.1) is 0 Å². The Kier molecular flexibility index (Phi) is 2.74. The van der Waals surface area contributed by atoms with Gasteiger partial charge in [-0.3, -0.25) is 0 Å². The van der Waals surface area contributed by atoms with Crippen LogP contribution in [0.3, 0.4) is 0 Å². The number of hydrogen-bond donors (Lipinski definition) is 0. The third-order valence-electron chi connectivity index (χ3n) is 1.75. The number of halogens is 2. The second-order valence-electron chi connectivity index (χ2n) is 2.49. The number of methoxy groups -OCH3 is 1. The average molecular weight is 200 g/mol. The van der Waals surface area contributed by atoms with E-state index in [1.54, 1.807) is 0 Å². The first-order valence-corrected chi connectivity index (χ1v) is 3.92. The zero-order chi connectivity index (χ0) is 10.0. The SMILES string of the molecule is COc1cc(Cl)c(F)c(C)c1C#N. The first kappa shape index (κ1) is 9.82. The Morgan fingerprint density at radius 1 is 1.62 bits per heavy atom. The van der Waals surface area contributed by atoms with Crippen molar-refractivity contribution >= 4 is 11.6 Å². The van der Waals surface area contributed by atoms with Crippen LogP contribution in [-0.4, -0.2) is 7.11 Å². The summed E-state index contributed by atoms with van der Waals surface area (Å²) >= 11 is 5.56. The van der Waals surface area contributed by atoms with Crippen LogP contribution in [0.25, 0.3) is 0 Å². The standard InChI is InChI=1S/C9H7ClFNO/c1-5-6(4-12)8(13-2)3-7(10)9(5)11/h3H,1-2H3. The highest BCUT2D eigenvalue weighted by atomic mass is 35.5. The fraction of sp³-hybridized carbons (Fsp3) is 0.222. The summed E-state index contributed by atoms with van der Waals surface area (Å²) in [5.41, 5.74) is 0.399. The summed E-state index contributed by atoms with van der Waals surface area (Å²) in [6.45, 7) is 1.49. The summed E-state index contributed by atoms with van der Waals surface area (Å²) in [5, 5.41) is 8.67. The zero-order valence-corrected chi connectivity index (χ0v) is 7.94. The largest absolute Gasteiger partial charge is 0.495 e. The molecule has 0 unspecified atom stereocenters. The molecule has 1 aromatic rings. The van der Waals surface area contributed by atoms with E-state index in [0.717, 1.165) is 0 Å². The lowest BCUT2D eigenvalue weighted by atomic mass is 10.1. The van der Waals surface area contributed by atoms with Crippen LogP contribution in [0.2, 0.25) is 5.02 Å². The van der Waals surface area contributed by atoms with Gasteiger partial charge in [-0.05, 0) is 6.92 Å². The Balaban J connectivity index is 3.50. The molecule has 0 aliphatic rings. The molecule has 0 heterocycles. The Labute approximate surface area is 80.5 Å². The third kappa shape index (κ3) is 1.58. The Hall–Kier alpha value is -1.27. The fourth-order valence-electron chi connectivity index (χ4n) is 1.02. The minimum Gasteiger partial charge on any atom is -0.495 e. The summed E-state index contributed by atoms with van der Waals surface area (Å²) in [5.74, 6) is -0.273. The molecular weight excluding hydrogens is 193 g/mol. The molecule has 0 bridgehead atoms. The highest BCUT2D eigenvalue weighted by Crippen LogP contribution is 2.29. The molecule has 0 saturated carbocycles. The van der Waals surface area contributed by atoms with Gasteiger partial charge in [0.2, 0.25) is 0 Å². The fourth-order valence-corrected chi connectivity index (χ4v) is 1.27. The van der Waals surface area contributed by atoms with Crippen LogP contribution in [0.15, 0.2) is 6.07 Å². The van der Waals surface area contributed by atoms with Crippen LogP contribution in [0.5, 0.6) is 5.75 Å². The molecule has 0 amide bonds. The van der Waals surface area contributed by atoms with Gasteiger partial charge >= 0.3 is 0 Å². The molecule has 0 aliphatic heterocycles. The molecule has 0 spiro atoms. The number of benzene rings is 1. The Morgan fingerprint density at radius 3 is 2.69 bits per heavy atom. The molecule has 4 heteroatoms. The molecule has 0 atom stereocenters. The number of nitriles is 1. The van der Waals surface area contributed by atoms with Gasteiger partial charge in [0.1, 0.15) is 17.6 Å². The molecule has 2 nitrogen and oxygen atoms in total. The van der Waals surface area contributed by atoms with Crippen LogP contribution < -0.4 is 4.74 Å².